The lowest BCUT2D eigenvalue weighted by atomic mass is 9.85. The zero-order valence-corrected chi connectivity index (χ0v) is 9.34. The molecular formula is C10H21N3O. The van der Waals surface area contributed by atoms with E-state index < -0.39 is 0 Å². The Hall–Kier alpha value is -0.610. The van der Waals surface area contributed by atoms with Crippen LogP contribution in [0.5, 0.6) is 0 Å². The first-order valence-corrected chi connectivity index (χ1v) is 5.27. The van der Waals surface area contributed by atoms with E-state index in [1.165, 1.54) is 0 Å². The van der Waals surface area contributed by atoms with Gasteiger partial charge in [-0.2, -0.15) is 0 Å². The predicted octanol–water partition coefficient (Wildman–Crippen LogP) is -0.0659. The standard InChI is InChI=1S/C10H21N3O/c1-4-5-10(11)6-13(7-10)8(2)9(14)12-3/h8H,4-7,11H2,1-3H3,(H,12,14). The van der Waals surface area contributed by atoms with Gasteiger partial charge >= 0.3 is 0 Å². The van der Waals surface area contributed by atoms with Gasteiger partial charge < -0.3 is 11.1 Å². The number of carbonyl (C=O) groups excluding carboxylic acids is 1. The average Bonchev–Trinajstić information content (AvgIpc) is 2.12. The molecule has 3 N–H and O–H groups in total. The first-order chi connectivity index (χ1) is 6.52. The molecule has 1 unspecified atom stereocenters. The maximum atomic E-state index is 11.3. The number of carbonyl (C=O) groups is 1. The van der Waals surface area contributed by atoms with Crippen LogP contribution in [0.4, 0.5) is 0 Å². The van der Waals surface area contributed by atoms with E-state index in [4.69, 9.17) is 5.73 Å². The molecule has 82 valence electrons. The maximum absolute atomic E-state index is 11.3. The Morgan fingerprint density at radius 2 is 2.21 bits per heavy atom. The molecule has 14 heavy (non-hydrogen) atoms. The first kappa shape index (κ1) is 11.5. The summed E-state index contributed by atoms with van der Waals surface area (Å²) < 4.78 is 0. The molecule has 1 aliphatic rings. The Bertz CT molecular complexity index is 211. The van der Waals surface area contributed by atoms with Crippen molar-refractivity contribution in [1.29, 1.82) is 0 Å². The minimum absolute atomic E-state index is 0.0446. The van der Waals surface area contributed by atoms with Gasteiger partial charge in [0.2, 0.25) is 5.91 Å². The number of hydrogen-bond acceptors (Lipinski definition) is 3. The summed E-state index contributed by atoms with van der Waals surface area (Å²) >= 11 is 0. The molecule has 1 rings (SSSR count). The molecular weight excluding hydrogens is 178 g/mol. The fourth-order valence-electron chi connectivity index (χ4n) is 2.07. The third kappa shape index (κ3) is 2.25. The van der Waals surface area contributed by atoms with E-state index >= 15 is 0 Å². The van der Waals surface area contributed by atoms with Crippen molar-refractivity contribution >= 4 is 5.91 Å². The minimum atomic E-state index is -0.0477. The van der Waals surface area contributed by atoms with Crippen LogP contribution in [0.2, 0.25) is 0 Å². The van der Waals surface area contributed by atoms with Crippen LogP contribution >= 0.6 is 0 Å². The summed E-state index contributed by atoms with van der Waals surface area (Å²) in [5.41, 5.74) is 6.07. The van der Waals surface area contributed by atoms with Crippen LogP contribution in [0.3, 0.4) is 0 Å². The van der Waals surface area contributed by atoms with E-state index in [-0.39, 0.29) is 17.5 Å². The highest BCUT2D eigenvalue weighted by Gasteiger charge is 2.41. The van der Waals surface area contributed by atoms with Crippen LogP contribution in [-0.2, 0) is 4.79 Å². The molecule has 4 heteroatoms. The van der Waals surface area contributed by atoms with Crippen LogP contribution in [-0.4, -0.2) is 42.5 Å². The van der Waals surface area contributed by atoms with E-state index in [9.17, 15) is 4.79 Å². The predicted molar refractivity (Wildman–Crippen MR) is 56.9 cm³/mol. The van der Waals surface area contributed by atoms with Gasteiger partial charge in [0, 0.05) is 25.7 Å². The Labute approximate surface area is 85.8 Å². The number of nitrogens with zero attached hydrogens (tertiary/aromatic N) is 1. The number of likely N-dealkylation sites (N-methyl/N-ethyl adjacent to an activating group) is 1. The normalized spacial score (nSPS) is 22.6. The monoisotopic (exact) mass is 199 g/mol. The largest absolute Gasteiger partial charge is 0.358 e. The van der Waals surface area contributed by atoms with Crippen LogP contribution < -0.4 is 11.1 Å². The zero-order valence-electron chi connectivity index (χ0n) is 9.34. The Morgan fingerprint density at radius 1 is 1.64 bits per heavy atom. The second kappa shape index (κ2) is 4.28. The minimum Gasteiger partial charge on any atom is -0.358 e. The van der Waals surface area contributed by atoms with Crippen molar-refractivity contribution in [2.75, 3.05) is 20.1 Å². The van der Waals surface area contributed by atoms with Crippen molar-refractivity contribution in [1.82, 2.24) is 10.2 Å². The lowest BCUT2D eigenvalue weighted by Crippen LogP contribution is -2.70. The molecule has 1 heterocycles. The summed E-state index contributed by atoms with van der Waals surface area (Å²) in [6.07, 6.45) is 2.16. The second-order valence-corrected chi connectivity index (χ2v) is 4.31. The smallest absolute Gasteiger partial charge is 0.236 e. The molecule has 0 spiro atoms. The quantitative estimate of drug-likeness (QED) is 0.666. The number of rotatable bonds is 4. The summed E-state index contributed by atoms with van der Waals surface area (Å²) in [5.74, 6) is 0.0727. The summed E-state index contributed by atoms with van der Waals surface area (Å²) in [5, 5.41) is 2.65. The second-order valence-electron chi connectivity index (χ2n) is 4.31. The van der Waals surface area contributed by atoms with Crippen LogP contribution in [0.25, 0.3) is 0 Å². The van der Waals surface area contributed by atoms with Crippen LogP contribution in [0, 0.1) is 0 Å². The Morgan fingerprint density at radius 3 is 2.64 bits per heavy atom. The third-order valence-corrected chi connectivity index (χ3v) is 2.96. The van der Waals surface area contributed by atoms with Gasteiger partial charge in [0.15, 0.2) is 0 Å². The summed E-state index contributed by atoms with van der Waals surface area (Å²) in [7, 11) is 1.67. The van der Waals surface area contributed by atoms with Crippen molar-refractivity contribution in [2.45, 2.75) is 38.3 Å². The highest BCUT2D eigenvalue weighted by Crippen LogP contribution is 2.25. The molecule has 4 nitrogen and oxygen atoms in total. The van der Waals surface area contributed by atoms with E-state index in [1.807, 2.05) is 6.92 Å². The summed E-state index contributed by atoms with van der Waals surface area (Å²) in [6.45, 7) is 5.74. The van der Waals surface area contributed by atoms with Gasteiger partial charge in [0.25, 0.3) is 0 Å². The zero-order chi connectivity index (χ0) is 10.8. The van der Waals surface area contributed by atoms with E-state index in [2.05, 4.69) is 17.1 Å². The SMILES string of the molecule is CCCC1(N)CN(C(C)C(=O)NC)C1. The lowest BCUT2D eigenvalue weighted by Gasteiger charge is -2.50. The number of likely N-dealkylation sites (tertiary alicyclic amines) is 1. The van der Waals surface area contributed by atoms with Gasteiger partial charge in [-0.05, 0) is 13.3 Å². The molecule has 1 fully saturated rings. The van der Waals surface area contributed by atoms with Crippen molar-refractivity contribution in [3.8, 4) is 0 Å². The molecule has 0 radical (unpaired) electrons. The summed E-state index contributed by atoms with van der Waals surface area (Å²) in [6, 6.07) is -0.0477. The third-order valence-electron chi connectivity index (χ3n) is 2.96. The topological polar surface area (TPSA) is 58.4 Å². The van der Waals surface area contributed by atoms with Crippen LogP contribution in [0.15, 0.2) is 0 Å². The van der Waals surface area contributed by atoms with Gasteiger partial charge in [-0.3, -0.25) is 9.69 Å². The molecule has 0 bridgehead atoms. The maximum Gasteiger partial charge on any atom is 0.236 e. The first-order valence-electron chi connectivity index (χ1n) is 5.27. The van der Waals surface area contributed by atoms with E-state index in [1.54, 1.807) is 7.05 Å². The fourth-order valence-corrected chi connectivity index (χ4v) is 2.07. The molecule has 0 aliphatic carbocycles. The number of nitrogens with two attached hydrogens (primary N) is 1. The number of amides is 1. The highest BCUT2D eigenvalue weighted by atomic mass is 16.2. The van der Waals surface area contributed by atoms with E-state index in [0.29, 0.717) is 0 Å². The molecule has 0 aromatic rings. The molecule has 1 aliphatic heterocycles. The summed E-state index contributed by atoms with van der Waals surface area (Å²) in [4.78, 5) is 13.4. The van der Waals surface area contributed by atoms with E-state index in [0.717, 1.165) is 25.9 Å². The van der Waals surface area contributed by atoms with Crippen LogP contribution in [0.1, 0.15) is 26.7 Å². The van der Waals surface area contributed by atoms with Gasteiger partial charge in [0.1, 0.15) is 0 Å². The van der Waals surface area contributed by atoms with Crippen molar-refractivity contribution in [3.63, 3.8) is 0 Å². The van der Waals surface area contributed by atoms with Crippen molar-refractivity contribution < 1.29 is 4.79 Å². The van der Waals surface area contributed by atoms with Gasteiger partial charge in [-0.1, -0.05) is 13.3 Å². The number of nitrogens with one attached hydrogen (secondary N) is 1. The average molecular weight is 199 g/mol. The fraction of sp³-hybridized carbons (Fsp3) is 0.900. The molecule has 0 aromatic heterocycles. The lowest BCUT2D eigenvalue weighted by molar-refractivity contribution is -0.128. The number of hydrogen-bond donors (Lipinski definition) is 2. The molecule has 1 saturated heterocycles. The van der Waals surface area contributed by atoms with Gasteiger partial charge in [-0.15, -0.1) is 0 Å². The Balaban J connectivity index is 2.36. The van der Waals surface area contributed by atoms with Crippen molar-refractivity contribution in [3.05, 3.63) is 0 Å². The molecule has 1 amide bonds. The van der Waals surface area contributed by atoms with Gasteiger partial charge in [0.05, 0.1) is 6.04 Å². The van der Waals surface area contributed by atoms with Gasteiger partial charge in [-0.25, -0.2) is 0 Å². The molecule has 1 atom stereocenters. The van der Waals surface area contributed by atoms with Crippen molar-refractivity contribution in [2.24, 2.45) is 5.73 Å². The highest BCUT2D eigenvalue weighted by molar-refractivity contribution is 5.81. The molecule has 0 aromatic carbocycles. The Kier molecular flexibility index (Phi) is 3.50. The molecule has 0 saturated carbocycles.